The summed E-state index contributed by atoms with van der Waals surface area (Å²) >= 11 is 0. The number of ether oxygens (including phenoxy) is 1. The van der Waals surface area contributed by atoms with Crippen LogP contribution in [-0.4, -0.2) is 61.3 Å². The number of fused-ring (bicyclic) bond motifs is 2. The van der Waals surface area contributed by atoms with E-state index in [0.717, 1.165) is 38.6 Å². The summed E-state index contributed by atoms with van der Waals surface area (Å²) in [5, 5.41) is 6.99. The van der Waals surface area contributed by atoms with Crippen molar-refractivity contribution in [2.45, 2.75) is 64.3 Å². The van der Waals surface area contributed by atoms with Crippen molar-refractivity contribution in [2.75, 3.05) is 26.2 Å². The van der Waals surface area contributed by atoms with Crippen molar-refractivity contribution in [1.82, 2.24) is 15.5 Å². The van der Waals surface area contributed by atoms with E-state index in [0.29, 0.717) is 30.2 Å². The third-order valence-electron chi connectivity index (χ3n) is 5.17. The van der Waals surface area contributed by atoms with Crippen LogP contribution < -0.4 is 10.6 Å². The van der Waals surface area contributed by atoms with Gasteiger partial charge in [0, 0.05) is 25.7 Å². The molecular formula is C20H37IN4O. The maximum atomic E-state index is 5.95. The third-order valence-corrected chi connectivity index (χ3v) is 5.17. The van der Waals surface area contributed by atoms with Gasteiger partial charge in [0.15, 0.2) is 5.96 Å². The Morgan fingerprint density at radius 2 is 1.96 bits per heavy atom. The number of hydrogen-bond donors (Lipinski definition) is 2. The molecule has 2 rings (SSSR count). The van der Waals surface area contributed by atoms with Crippen LogP contribution >= 0.6 is 24.0 Å². The van der Waals surface area contributed by atoms with Gasteiger partial charge in [-0.15, -0.1) is 37.1 Å². The molecule has 2 aliphatic heterocycles. The SMILES string of the molecule is C=CCN(CC=C)C(CN=C(NCC)NC1CC2CCC1O2)C(C)C.I. The molecule has 2 saturated heterocycles. The number of halogens is 1. The number of nitrogens with zero attached hydrogens (tertiary/aromatic N) is 2. The quantitative estimate of drug-likeness (QED) is 0.220. The second-order valence-corrected chi connectivity index (χ2v) is 7.42. The summed E-state index contributed by atoms with van der Waals surface area (Å²) in [6, 6.07) is 0.759. The summed E-state index contributed by atoms with van der Waals surface area (Å²) < 4.78 is 5.95. The third kappa shape index (κ3) is 6.53. The molecule has 5 nitrogen and oxygen atoms in total. The number of aliphatic imine (C=N–C) groups is 1. The molecule has 0 aromatic rings. The smallest absolute Gasteiger partial charge is 0.191 e. The molecule has 4 atom stereocenters. The Morgan fingerprint density at radius 3 is 2.42 bits per heavy atom. The van der Waals surface area contributed by atoms with E-state index in [1.165, 1.54) is 12.8 Å². The van der Waals surface area contributed by atoms with Crippen LogP contribution in [0, 0.1) is 5.92 Å². The summed E-state index contributed by atoms with van der Waals surface area (Å²) in [6.07, 6.45) is 8.20. The summed E-state index contributed by atoms with van der Waals surface area (Å²) in [7, 11) is 0. The van der Waals surface area contributed by atoms with E-state index in [1.807, 2.05) is 12.2 Å². The lowest BCUT2D eigenvalue weighted by Gasteiger charge is -2.32. The zero-order valence-electron chi connectivity index (χ0n) is 16.6. The van der Waals surface area contributed by atoms with Gasteiger partial charge >= 0.3 is 0 Å². The Bertz CT molecular complexity index is 459. The first kappa shape index (κ1) is 23.4. The van der Waals surface area contributed by atoms with Crippen molar-refractivity contribution < 1.29 is 4.74 Å². The molecule has 0 amide bonds. The van der Waals surface area contributed by atoms with Crippen LogP contribution in [0.4, 0.5) is 0 Å². The molecule has 0 saturated carbocycles. The van der Waals surface area contributed by atoms with Gasteiger partial charge in [-0.2, -0.15) is 0 Å². The Kier molecular flexibility index (Phi) is 10.8. The van der Waals surface area contributed by atoms with Gasteiger partial charge in [0.05, 0.1) is 24.8 Å². The Balaban J connectivity index is 0.00000338. The molecule has 4 unspecified atom stereocenters. The van der Waals surface area contributed by atoms with E-state index < -0.39 is 0 Å². The topological polar surface area (TPSA) is 48.9 Å². The lowest BCUT2D eigenvalue weighted by atomic mass is 9.96. The predicted molar refractivity (Wildman–Crippen MR) is 121 cm³/mol. The van der Waals surface area contributed by atoms with Crippen molar-refractivity contribution in [3.05, 3.63) is 25.3 Å². The average molecular weight is 476 g/mol. The molecule has 2 fully saturated rings. The van der Waals surface area contributed by atoms with Crippen molar-refractivity contribution >= 4 is 29.9 Å². The van der Waals surface area contributed by atoms with Crippen molar-refractivity contribution in [2.24, 2.45) is 10.9 Å². The van der Waals surface area contributed by atoms with Gasteiger partial charge in [-0.25, -0.2) is 0 Å². The zero-order chi connectivity index (χ0) is 18.2. The molecule has 6 heteroatoms. The fourth-order valence-corrected chi connectivity index (χ4v) is 3.90. The molecule has 26 heavy (non-hydrogen) atoms. The standard InChI is InChI=1S/C20H36N4O.HI/c1-6-11-24(12-7-2)18(15(4)5)14-22-20(21-8-3)23-17-13-16-9-10-19(17)25-16;/h6-7,15-19H,1-2,8-14H2,3-5H3,(H2,21,22,23);1H. The highest BCUT2D eigenvalue weighted by atomic mass is 127. The molecule has 0 radical (unpaired) electrons. The van der Waals surface area contributed by atoms with Gasteiger partial charge in [0.2, 0.25) is 0 Å². The van der Waals surface area contributed by atoms with E-state index in [-0.39, 0.29) is 24.0 Å². The van der Waals surface area contributed by atoms with Gasteiger partial charge in [-0.05, 0) is 32.1 Å². The van der Waals surface area contributed by atoms with Gasteiger partial charge in [0.25, 0.3) is 0 Å². The first-order valence-electron chi connectivity index (χ1n) is 9.75. The molecule has 150 valence electrons. The highest BCUT2D eigenvalue weighted by molar-refractivity contribution is 14.0. The largest absolute Gasteiger partial charge is 0.373 e. The van der Waals surface area contributed by atoms with Gasteiger partial charge < -0.3 is 15.4 Å². The van der Waals surface area contributed by atoms with Crippen molar-refractivity contribution in [1.29, 1.82) is 0 Å². The van der Waals surface area contributed by atoms with Crippen LogP contribution in [0.2, 0.25) is 0 Å². The lowest BCUT2D eigenvalue weighted by Crippen LogP contribution is -2.48. The van der Waals surface area contributed by atoms with Gasteiger partial charge in [-0.3, -0.25) is 9.89 Å². The highest BCUT2D eigenvalue weighted by Crippen LogP contribution is 2.34. The van der Waals surface area contributed by atoms with Gasteiger partial charge in [0.1, 0.15) is 0 Å². The van der Waals surface area contributed by atoms with Crippen LogP contribution in [0.25, 0.3) is 0 Å². The van der Waals surface area contributed by atoms with Crippen LogP contribution in [0.5, 0.6) is 0 Å². The second kappa shape index (κ2) is 12.0. The molecule has 2 heterocycles. The first-order valence-corrected chi connectivity index (χ1v) is 9.75. The second-order valence-electron chi connectivity index (χ2n) is 7.42. The summed E-state index contributed by atoms with van der Waals surface area (Å²) in [5.41, 5.74) is 0. The number of guanidine groups is 1. The normalized spacial score (nSPS) is 25.9. The average Bonchev–Trinajstić information content (AvgIpc) is 3.18. The molecular weight excluding hydrogens is 439 g/mol. The Morgan fingerprint density at radius 1 is 1.27 bits per heavy atom. The van der Waals surface area contributed by atoms with Crippen LogP contribution in [0.3, 0.4) is 0 Å². The zero-order valence-corrected chi connectivity index (χ0v) is 18.9. The molecule has 0 aromatic heterocycles. The van der Waals surface area contributed by atoms with Crippen LogP contribution in [0.1, 0.15) is 40.0 Å². The molecule has 2 N–H and O–H groups in total. The summed E-state index contributed by atoms with van der Waals surface area (Å²) in [5.74, 6) is 1.42. The van der Waals surface area contributed by atoms with Crippen LogP contribution in [0.15, 0.2) is 30.3 Å². The summed E-state index contributed by atoms with van der Waals surface area (Å²) in [4.78, 5) is 7.28. The number of hydrogen-bond acceptors (Lipinski definition) is 3. The molecule has 0 spiro atoms. The Hall–Kier alpha value is -0.600. The number of rotatable bonds is 10. The fraction of sp³-hybridized carbons (Fsp3) is 0.750. The summed E-state index contributed by atoms with van der Waals surface area (Å²) in [6.45, 7) is 17.7. The van der Waals surface area contributed by atoms with Gasteiger partial charge in [-0.1, -0.05) is 26.0 Å². The van der Waals surface area contributed by atoms with E-state index >= 15 is 0 Å². The molecule has 2 bridgehead atoms. The van der Waals surface area contributed by atoms with Crippen LogP contribution in [-0.2, 0) is 4.74 Å². The molecule has 0 aliphatic carbocycles. The maximum absolute atomic E-state index is 5.95. The van der Waals surface area contributed by atoms with E-state index in [2.05, 4.69) is 49.5 Å². The fourth-order valence-electron chi connectivity index (χ4n) is 3.90. The minimum absolute atomic E-state index is 0. The maximum Gasteiger partial charge on any atom is 0.191 e. The molecule has 0 aromatic carbocycles. The predicted octanol–water partition coefficient (Wildman–Crippen LogP) is 3.18. The lowest BCUT2D eigenvalue weighted by molar-refractivity contribution is 0.0992. The van der Waals surface area contributed by atoms with E-state index in [4.69, 9.17) is 9.73 Å². The van der Waals surface area contributed by atoms with Crippen molar-refractivity contribution in [3.63, 3.8) is 0 Å². The Labute approximate surface area is 176 Å². The van der Waals surface area contributed by atoms with E-state index in [1.54, 1.807) is 0 Å². The minimum Gasteiger partial charge on any atom is -0.373 e. The number of nitrogens with one attached hydrogen (secondary N) is 2. The first-order chi connectivity index (χ1) is 12.1. The minimum atomic E-state index is 0. The monoisotopic (exact) mass is 476 g/mol. The highest BCUT2D eigenvalue weighted by Gasteiger charge is 2.41. The molecule has 2 aliphatic rings. The van der Waals surface area contributed by atoms with Crippen molar-refractivity contribution in [3.8, 4) is 0 Å². The van der Waals surface area contributed by atoms with E-state index in [9.17, 15) is 0 Å².